The monoisotopic (exact) mass is 373 g/mol. The third-order valence-corrected chi connectivity index (χ3v) is 4.47. The van der Waals surface area contributed by atoms with E-state index in [0.29, 0.717) is 17.4 Å². The minimum absolute atomic E-state index is 0.237. The Kier molecular flexibility index (Phi) is 5.39. The Balaban J connectivity index is 2.06. The molecule has 2 aromatic heterocycles. The van der Waals surface area contributed by atoms with Gasteiger partial charge in [0.15, 0.2) is 0 Å². The molecule has 0 saturated heterocycles. The van der Waals surface area contributed by atoms with Crippen molar-refractivity contribution < 1.29 is 4.79 Å². The summed E-state index contributed by atoms with van der Waals surface area (Å²) < 4.78 is 1.01. The van der Waals surface area contributed by atoms with Gasteiger partial charge in [-0.15, -0.1) is 11.3 Å². The fourth-order valence-corrected chi connectivity index (χ4v) is 3.16. The zero-order valence-corrected chi connectivity index (χ0v) is 13.9. The van der Waals surface area contributed by atoms with Gasteiger partial charge in [-0.3, -0.25) is 4.79 Å². The molecular weight excluding hydrogens is 362 g/mol. The molecule has 1 amide bonds. The van der Waals surface area contributed by atoms with Crippen molar-refractivity contribution in [3.63, 3.8) is 0 Å². The number of amides is 1. The Morgan fingerprint density at radius 3 is 2.95 bits per heavy atom. The normalized spacial score (nSPS) is 10.3. The first-order valence-corrected chi connectivity index (χ1v) is 8.06. The molecule has 0 aromatic carbocycles. The number of anilines is 1. The molecule has 4 nitrogen and oxygen atoms in total. The van der Waals surface area contributed by atoms with Crippen LogP contribution in [-0.4, -0.2) is 17.4 Å². The average Bonchev–Trinajstić information content (AvgIpc) is 2.84. The maximum atomic E-state index is 12.1. The first kappa shape index (κ1) is 15.3. The zero-order valence-electron chi connectivity index (χ0n) is 10.7. The highest BCUT2D eigenvalue weighted by atomic mass is 79.9. The number of pyridine rings is 1. The maximum absolute atomic E-state index is 12.1. The lowest BCUT2D eigenvalue weighted by Crippen LogP contribution is -2.24. The number of aromatic nitrogens is 1. The Morgan fingerprint density at radius 1 is 1.50 bits per heavy atom. The number of halogens is 2. The molecule has 0 fully saturated rings. The van der Waals surface area contributed by atoms with Crippen molar-refractivity contribution in [2.75, 3.05) is 11.9 Å². The van der Waals surface area contributed by atoms with E-state index in [2.05, 4.69) is 31.5 Å². The Labute approximate surface area is 134 Å². The predicted octanol–water partition coefficient (Wildman–Crippen LogP) is 3.92. The second kappa shape index (κ2) is 7.06. The fourth-order valence-electron chi connectivity index (χ4n) is 1.58. The number of rotatable bonds is 5. The number of nitrogens with zero attached hydrogens (tertiary/aromatic N) is 1. The van der Waals surface area contributed by atoms with Crippen LogP contribution in [-0.2, 0) is 6.54 Å². The zero-order chi connectivity index (χ0) is 14.5. The molecule has 0 aliphatic heterocycles. The van der Waals surface area contributed by atoms with E-state index in [9.17, 15) is 4.79 Å². The molecule has 20 heavy (non-hydrogen) atoms. The number of carbonyl (C=O) groups excluding carboxylic acids is 1. The van der Waals surface area contributed by atoms with Crippen LogP contribution in [0.2, 0.25) is 5.02 Å². The molecule has 0 radical (unpaired) electrons. The quantitative estimate of drug-likeness (QED) is 0.834. The molecule has 2 aromatic rings. The third kappa shape index (κ3) is 3.94. The van der Waals surface area contributed by atoms with E-state index in [1.165, 1.54) is 0 Å². The van der Waals surface area contributed by atoms with E-state index in [1.807, 2.05) is 18.4 Å². The van der Waals surface area contributed by atoms with Gasteiger partial charge in [0, 0.05) is 21.3 Å². The van der Waals surface area contributed by atoms with Gasteiger partial charge in [-0.1, -0.05) is 11.6 Å². The topological polar surface area (TPSA) is 54.0 Å². The third-order valence-electron chi connectivity index (χ3n) is 2.46. The predicted molar refractivity (Wildman–Crippen MR) is 86.6 cm³/mol. The van der Waals surface area contributed by atoms with Crippen molar-refractivity contribution in [1.29, 1.82) is 0 Å². The summed E-state index contributed by atoms with van der Waals surface area (Å²) in [5.74, 6) is 0.361. The molecule has 0 spiro atoms. The summed E-state index contributed by atoms with van der Waals surface area (Å²) >= 11 is 11.0. The number of thiophene rings is 1. The van der Waals surface area contributed by atoms with Crippen molar-refractivity contribution in [2.24, 2.45) is 0 Å². The van der Waals surface area contributed by atoms with Crippen LogP contribution in [0.4, 0.5) is 5.82 Å². The van der Waals surface area contributed by atoms with E-state index >= 15 is 0 Å². The van der Waals surface area contributed by atoms with Crippen LogP contribution in [0.1, 0.15) is 22.3 Å². The van der Waals surface area contributed by atoms with Gasteiger partial charge in [0.1, 0.15) is 11.5 Å². The van der Waals surface area contributed by atoms with Gasteiger partial charge in [-0.2, -0.15) is 0 Å². The van der Waals surface area contributed by atoms with E-state index in [1.54, 1.807) is 23.5 Å². The van der Waals surface area contributed by atoms with Gasteiger partial charge in [-0.25, -0.2) is 4.98 Å². The van der Waals surface area contributed by atoms with Crippen LogP contribution in [0.15, 0.2) is 28.1 Å². The van der Waals surface area contributed by atoms with Crippen molar-refractivity contribution in [3.8, 4) is 0 Å². The summed E-state index contributed by atoms with van der Waals surface area (Å²) in [5, 5.41) is 8.18. The van der Waals surface area contributed by atoms with Crippen LogP contribution < -0.4 is 10.6 Å². The van der Waals surface area contributed by atoms with Crippen LogP contribution in [0.3, 0.4) is 0 Å². The molecule has 0 unspecified atom stereocenters. The maximum Gasteiger partial charge on any atom is 0.271 e. The van der Waals surface area contributed by atoms with E-state index in [0.717, 1.165) is 15.9 Å². The minimum atomic E-state index is -0.278. The highest BCUT2D eigenvalue weighted by Crippen LogP contribution is 2.20. The van der Waals surface area contributed by atoms with Gasteiger partial charge in [0.05, 0.1) is 11.6 Å². The molecule has 0 atom stereocenters. The highest BCUT2D eigenvalue weighted by Gasteiger charge is 2.13. The van der Waals surface area contributed by atoms with E-state index in [4.69, 9.17) is 11.6 Å². The number of hydrogen-bond donors (Lipinski definition) is 2. The Bertz CT molecular complexity index is 617. The first-order valence-electron chi connectivity index (χ1n) is 6.01. The van der Waals surface area contributed by atoms with Gasteiger partial charge >= 0.3 is 0 Å². The van der Waals surface area contributed by atoms with Crippen molar-refractivity contribution in [2.45, 2.75) is 13.5 Å². The largest absolute Gasteiger partial charge is 0.370 e. The molecule has 2 heterocycles. The van der Waals surface area contributed by atoms with Gasteiger partial charge in [-0.05, 0) is 41.1 Å². The number of carbonyl (C=O) groups is 1. The summed E-state index contributed by atoms with van der Waals surface area (Å²) in [4.78, 5) is 17.4. The molecule has 106 valence electrons. The van der Waals surface area contributed by atoms with E-state index in [-0.39, 0.29) is 11.6 Å². The molecule has 0 aliphatic rings. The summed E-state index contributed by atoms with van der Waals surface area (Å²) in [6.45, 7) is 3.15. The Hall–Kier alpha value is -1.11. The molecule has 0 bridgehead atoms. The lowest BCUT2D eigenvalue weighted by atomic mass is 10.3. The van der Waals surface area contributed by atoms with Crippen molar-refractivity contribution in [3.05, 3.63) is 43.6 Å². The second-order valence-corrected chi connectivity index (χ2v) is 6.29. The molecule has 7 heteroatoms. The number of hydrogen-bond acceptors (Lipinski definition) is 4. The smallest absolute Gasteiger partial charge is 0.271 e. The Morgan fingerprint density at radius 2 is 2.30 bits per heavy atom. The van der Waals surface area contributed by atoms with Crippen LogP contribution in [0.5, 0.6) is 0 Å². The number of nitrogens with one attached hydrogen (secondary N) is 2. The van der Waals surface area contributed by atoms with Crippen molar-refractivity contribution >= 4 is 50.6 Å². The van der Waals surface area contributed by atoms with E-state index < -0.39 is 0 Å². The van der Waals surface area contributed by atoms with Crippen LogP contribution >= 0.6 is 38.9 Å². The van der Waals surface area contributed by atoms with Crippen molar-refractivity contribution in [1.82, 2.24) is 10.3 Å². The van der Waals surface area contributed by atoms with Gasteiger partial charge in [0.25, 0.3) is 5.91 Å². The highest BCUT2D eigenvalue weighted by molar-refractivity contribution is 9.10. The van der Waals surface area contributed by atoms with Crippen LogP contribution in [0.25, 0.3) is 0 Å². The summed E-state index contributed by atoms with van der Waals surface area (Å²) in [5.41, 5.74) is 0.237. The van der Waals surface area contributed by atoms with Gasteiger partial charge < -0.3 is 10.6 Å². The van der Waals surface area contributed by atoms with Crippen LogP contribution in [0, 0.1) is 0 Å². The molecule has 0 aliphatic carbocycles. The lowest BCUT2D eigenvalue weighted by Gasteiger charge is -2.08. The second-order valence-electron chi connectivity index (χ2n) is 3.97. The summed E-state index contributed by atoms with van der Waals surface area (Å²) in [7, 11) is 0. The summed E-state index contributed by atoms with van der Waals surface area (Å²) in [6.07, 6.45) is 0. The molecular formula is C13H13BrClN3OS. The standard InChI is InChI=1S/C13H13BrClN3OS/c1-2-16-11-4-3-10(15)12(18-11)13(19)17-6-9-5-8(14)7-20-9/h3-5,7H,2,6H2,1H3,(H,16,18)(H,17,19). The van der Waals surface area contributed by atoms with Gasteiger partial charge in [0.2, 0.25) is 0 Å². The summed E-state index contributed by atoms with van der Waals surface area (Å²) in [6, 6.07) is 5.39. The molecule has 0 saturated carbocycles. The lowest BCUT2D eigenvalue weighted by molar-refractivity contribution is 0.0946. The first-order chi connectivity index (χ1) is 9.60. The average molecular weight is 375 g/mol. The molecule has 2 rings (SSSR count). The fraction of sp³-hybridized carbons (Fsp3) is 0.231. The SMILES string of the molecule is CCNc1ccc(Cl)c(C(=O)NCc2cc(Br)cs2)n1. The molecule has 2 N–H and O–H groups in total. The minimum Gasteiger partial charge on any atom is -0.370 e.